The second kappa shape index (κ2) is 5.78. The van der Waals surface area contributed by atoms with E-state index in [1.54, 1.807) is 0 Å². The number of carboxylic acids is 1. The summed E-state index contributed by atoms with van der Waals surface area (Å²) in [6.07, 6.45) is 2.83. The largest absolute Gasteiger partial charge is 0.477 e. The van der Waals surface area contributed by atoms with Crippen LogP contribution in [0.15, 0.2) is 18.3 Å². The Hall–Kier alpha value is -2.00. The first kappa shape index (κ1) is 15.4. The van der Waals surface area contributed by atoms with Gasteiger partial charge in [-0.25, -0.2) is 22.9 Å². The molecule has 114 valence electrons. The van der Waals surface area contributed by atoms with E-state index in [2.05, 4.69) is 9.71 Å². The lowest BCUT2D eigenvalue weighted by molar-refractivity contribution is 0.0688. The molecule has 1 aromatic rings. The molecule has 1 atom stereocenters. The topological polar surface area (TPSA) is 117 Å². The van der Waals surface area contributed by atoms with Crippen molar-refractivity contribution in [1.29, 1.82) is 0 Å². The second-order valence-corrected chi connectivity index (χ2v) is 6.64. The van der Waals surface area contributed by atoms with E-state index in [-0.39, 0.29) is 29.8 Å². The van der Waals surface area contributed by atoms with Gasteiger partial charge in [0.1, 0.15) is 5.69 Å². The number of carboxylic acid groups (broad SMARTS) is 1. The summed E-state index contributed by atoms with van der Waals surface area (Å²) in [6, 6.07) is 2.36. The lowest BCUT2D eigenvalue weighted by atomic mass is 10.2. The Labute approximate surface area is 121 Å². The van der Waals surface area contributed by atoms with E-state index in [9.17, 15) is 18.0 Å². The molecule has 0 spiro atoms. The van der Waals surface area contributed by atoms with Gasteiger partial charge in [0.05, 0.1) is 11.8 Å². The highest BCUT2D eigenvalue weighted by Crippen LogP contribution is 2.14. The number of aromatic nitrogens is 1. The van der Waals surface area contributed by atoms with Gasteiger partial charge in [0, 0.05) is 25.3 Å². The summed E-state index contributed by atoms with van der Waals surface area (Å²) in [6.45, 7) is 0.722. The van der Waals surface area contributed by atoms with Gasteiger partial charge in [-0.2, -0.15) is 0 Å². The first-order valence-electron chi connectivity index (χ1n) is 6.22. The Balaban J connectivity index is 2.03. The third kappa shape index (κ3) is 3.99. The van der Waals surface area contributed by atoms with Crippen LogP contribution < -0.4 is 4.72 Å². The third-order valence-electron chi connectivity index (χ3n) is 3.09. The van der Waals surface area contributed by atoms with Crippen LogP contribution in [0.1, 0.15) is 27.3 Å². The molecule has 1 fully saturated rings. The van der Waals surface area contributed by atoms with Gasteiger partial charge < -0.3 is 10.0 Å². The minimum absolute atomic E-state index is 0.135. The normalized spacial score (nSPS) is 18.7. The van der Waals surface area contributed by atoms with Crippen LogP contribution in [0.2, 0.25) is 0 Å². The van der Waals surface area contributed by atoms with E-state index in [1.807, 2.05) is 0 Å². The summed E-state index contributed by atoms with van der Waals surface area (Å²) in [4.78, 5) is 28.1. The van der Waals surface area contributed by atoms with Crippen molar-refractivity contribution < 1.29 is 23.1 Å². The Bertz CT molecular complexity index is 656. The van der Waals surface area contributed by atoms with Crippen molar-refractivity contribution in [2.45, 2.75) is 12.5 Å². The summed E-state index contributed by atoms with van der Waals surface area (Å²) < 4.78 is 24.8. The van der Waals surface area contributed by atoms with Crippen molar-refractivity contribution >= 4 is 21.9 Å². The maximum Gasteiger partial charge on any atom is 0.354 e. The van der Waals surface area contributed by atoms with E-state index in [0.29, 0.717) is 13.0 Å². The first-order valence-corrected chi connectivity index (χ1v) is 8.11. The minimum Gasteiger partial charge on any atom is -0.477 e. The average molecular weight is 313 g/mol. The lowest BCUT2D eigenvalue weighted by Crippen LogP contribution is -2.37. The smallest absolute Gasteiger partial charge is 0.354 e. The number of sulfonamides is 1. The molecule has 1 unspecified atom stereocenters. The zero-order valence-electron chi connectivity index (χ0n) is 11.3. The zero-order chi connectivity index (χ0) is 15.6. The fraction of sp³-hybridized carbons (Fsp3) is 0.417. The standard InChI is InChI=1S/C12H15N3O5S/c1-21(19,20)14-9-4-5-15(7-9)11(16)8-2-3-10(12(17)18)13-6-8/h2-3,6,9,14H,4-5,7H2,1H3,(H,17,18). The number of likely N-dealkylation sites (tertiary alicyclic amines) is 1. The van der Waals surface area contributed by atoms with Crippen molar-refractivity contribution in [3.8, 4) is 0 Å². The number of amides is 1. The van der Waals surface area contributed by atoms with Crippen molar-refractivity contribution in [2.24, 2.45) is 0 Å². The van der Waals surface area contributed by atoms with Crippen LogP contribution in [-0.2, 0) is 10.0 Å². The van der Waals surface area contributed by atoms with E-state index in [4.69, 9.17) is 5.11 Å². The van der Waals surface area contributed by atoms with E-state index in [1.165, 1.54) is 23.2 Å². The Morgan fingerprint density at radius 1 is 1.43 bits per heavy atom. The van der Waals surface area contributed by atoms with Gasteiger partial charge in [-0.15, -0.1) is 0 Å². The second-order valence-electron chi connectivity index (χ2n) is 4.86. The minimum atomic E-state index is -3.30. The molecule has 1 aromatic heterocycles. The number of carbonyl (C=O) groups excluding carboxylic acids is 1. The molecule has 21 heavy (non-hydrogen) atoms. The number of hydrogen-bond donors (Lipinski definition) is 2. The molecular weight excluding hydrogens is 298 g/mol. The van der Waals surface area contributed by atoms with Crippen molar-refractivity contribution in [2.75, 3.05) is 19.3 Å². The highest BCUT2D eigenvalue weighted by molar-refractivity contribution is 7.88. The van der Waals surface area contributed by atoms with Gasteiger partial charge in [0.2, 0.25) is 10.0 Å². The summed E-state index contributed by atoms with van der Waals surface area (Å²) >= 11 is 0. The van der Waals surface area contributed by atoms with Crippen molar-refractivity contribution in [1.82, 2.24) is 14.6 Å². The number of nitrogens with zero attached hydrogens (tertiary/aromatic N) is 2. The highest BCUT2D eigenvalue weighted by Gasteiger charge is 2.28. The number of hydrogen-bond acceptors (Lipinski definition) is 5. The molecule has 8 nitrogen and oxygen atoms in total. The predicted molar refractivity (Wildman–Crippen MR) is 73.5 cm³/mol. The van der Waals surface area contributed by atoms with Gasteiger partial charge in [0.15, 0.2) is 0 Å². The van der Waals surface area contributed by atoms with Crippen LogP contribution >= 0.6 is 0 Å². The molecular formula is C12H15N3O5S. The average Bonchev–Trinajstić information content (AvgIpc) is 2.84. The molecule has 9 heteroatoms. The zero-order valence-corrected chi connectivity index (χ0v) is 12.1. The molecule has 1 saturated heterocycles. The van der Waals surface area contributed by atoms with Crippen LogP contribution in [-0.4, -0.2) is 60.7 Å². The summed E-state index contributed by atoms with van der Waals surface area (Å²) in [5, 5.41) is 8.75. The van der Waals surface area contributed by atoms with Gasteiger partial charge in [-0.05, 0) is 18.6 Å². The molecule has 0 aromatic carbocycles. The van der Waals surface area contributed by atoms with Crippen LogP contribution in [0.4, 0.5) is 0 Å². The SMILES string of the molecule is CS(=O)(=O)NC1CCN(C(=O)c2ccc(C(=O)O)nc2)C1. The number of carbonyl (C=O) groups is 2. The fourth-order valence-electron chi connectivity index (χ4n) is 2.17. The lowest BCUT2D eigenvalue weighted by Gasteiger charge is -2.16. The highest BCUT2D eigenvalue weighted by atomic mass is 32.2. The molecule has 1 amide bonds. The maximum absolute atomic E-state index is 12.2. The number of pyridine rings is 1. The number of aromatic carboxylic acids is 1. The Kier molecular flexibility index (Phi) is 4.24. The first-order chi connectivity index (χ1) is 9.76. The van der Waals surface area contributed by atoms with Gasteiger partial charge in [-0.3, -0.25) is 4.79 Å². The number of rotatable bonds is 4. The summed E-state index contributed by atoms with van der Waals surface area (Å²) in [5.74, 6) is -1.45. The predicted octanol–water partition coefficient (Wildman–Crippen LogP) is -0.456. The van der Waals surface area contributed by atoms with Crippen LogP contribution in [0.25, 0.3) is 0 Å². The summed E-state index contributed by atoms with van der Waals surface area (Å²) in [7, 11) is -3.30. The molecule has 0 radical (unpaired) electrons. The third-order valence-corrected chi connectivity index (χ3v) is 3.85. The quantitative estimate of drug-likeness (QED) is 0.777. The van der Waals surface area contributed by atoms with E-state index in [0.717, 1.165) is 6.26 Å². The maximum atomic E-state index is 12.2. The van der Waals surface area contributed by atoms with Gasteiger partial charge in [-0.1, -0.05) is 0 Å². The monoisotopic (exact) mass is 313 g/mol. The fourth-order valence-corrected chi connectivity index (χ4v) is 2.97. The van der Waals surface area contributed by atoms with E-state index >= 15 is 0 Å². The molecule has 2 heterocycles. The van der Waals surface area contributed by atoms with Crippen molar-refractivity contribution in [3.05, 3.63) is 29.6 Å². The van der Waals surface area contributed by atoms with E-state index < -0.39 is 16.0 Å². The molecule has 1 aliphatic heterocycles. The van der Waals surface area contributed by atoms with Crippen molar-refractivity contribution in [3.63, 3.8) is 0 Å². The molecule has 0 saturated carbocycles. The Morgan fingerprint density at radius 2 is 2.14 bits per heavy atom. The van der Waals surface area contributed by atoms with Crippen LogP contribution in [0.3, 0.4) is 0 Å². The molecule has 1 aliphatic rings. The van der Waals surface area contributed by atoms with Crippen LogP contribution in [0.5, 0.6) is 0 Å². The molecule has 2 rings (SSSR count). The Morgan fingerprint density at radius 3 is 2.67 bits per heavy atom. The molecule has 0 bridgehead atoms. The van der Waals surface area contributed by atoms with Gasteiger partial charge in [0.25, 0.3) is 5.91 Å². The van der Waals surface area contributed by atoms with Gasteiger partial charge >= 0.3 is 5.97 Å². The number of nitrogens with one attached hydrogen (secondary N) is 1. The molecule has 0 aliphatic carbocycles. The summed E-state index contributed by atoms with van der Waals surface area (Å²) in [5.41, 5.74) is 0.143. The van der Waals surface area contributed by atoms with Crippen LogP contribution in [0, 0.1) is 0 Å². The molecule has 2 N–H and O–H groups in total.